The lowest BCUT2D eigenvalue weighted by Gasteiger charge is -2.36. The van der Waals surface area contributed by atoms with Crippen LogP contribution in [0.25, 0.3) is 0 Å². The number of nitrogens with one attached hydrogen (secondary N) is 2. The normalized spacial score (nSPS) is 16.1. The van der Waals surface area contributed by atoms with Gasteiger partial charge in [-0.2, -0.15) is 4.98 Å². The number of nitrogens with zero attached hydrogens (tertiary/aromatic N) is 5. The van der Waals surface area contributed by atoms with Gasteiger partial charge in [-0.05, 0) is 13.8 Å². The van der Waals surface area contributed by atoms with Gasteiger partial charge in [-0.15, -0.1) is 24.0 Å². The molecule has 0 aliphatic carbocycles. The molecule has 1 aliphatic rings. The molecule has 0 aromatic carbocycles. The van der Waals surface area contributed by atoms with Crippen LogP contribution in [-0.2, 0) is 16.8 Å². The maximum atomic E-state index is 11.9. The molecule has 0 atom stereocenters. The van der Waals surface area contributed by atoms with Gasteiger partial charge < -0.3 is 20.1 Å². The van der Waals surface area contributed by atoms with Gasteiger partial charge in [0.15, 0.2) is 11.8 Å². The first-order chi connectivity index (χ1) is 12.7. The van der Waals surface area contributed by atoms with Crippen LogP contribution in [0.1, 0.15) is 46.3 Å². The lowest BCUT2D eigenvalue weighted by Crippen LogP contribution is -2.54. The standard InChI is InChI=1S/C18H33N7O2.HI/c1-13(2)21-15(26)12-24-7-9-25(10-8-24)17(19-6)20-11-14-22-16(27-23-14)18(3,4)5;/h13H,7-12H2,1-6H3,(H,19,20)(H,21,26);1H. The lowest BCUT2D eigenvalue weighted by atomic mass is 9.97. The van der Waals surface area contributed by atoms with Crippen molar-refractivity contribution in [3.8, 4) is 0 Å². The maximum absolute atomic E-state index is 11.9. The Morgan fingerprint density at radius 3 is 2.39 bits per heavy atom. The third kappa shape index (κ3) is 7.53. The number of aliphatic imine (C=N–C) groups is 1. The van der Waals surface area contributed by atoms with Crippen molar-refractivity contribution in [1.29, 1.82) is 0 Å². The van der Waals surface area contributed by atoms with E-state index in [9.17, 15) is 4.79 Å². The van der Waals surface area contributed by atoms with Gasteiger partial charge in [-0.25, -0.2) is 0 Å². The second-order valence-electron chi connectivity index (χ2n) is 8.15. The van der Waals surface area contributed by atoms with Gasteiger partial charge in [0.25, 0.3) is 0 Å². The molecule has 160 valence electrons. The first-order valence-corrected chi connectivity index (χ1v) is 9.49. The van der Waals surface area contributed by atoms with Gasteiger partial charge in [-0.1, -0.05) is 25.9 Å². The number of halogens is 1. The summed E-state index contributed by atoms with van der Waals surface area (Å²) in [5, 5.41) is 10.3. The molecule has 9 nitrogen and oxygen atoms in total. The minimum Gasteiger partial charge on any atom is -0.353 e. The van der Waals surface area contributed by atoms with E-state index in [4.69, 9.17) is 4.52 Å². The van der Waals surface area contributed by atoms with E-state index >= 15 is 0 Å². The molecule has 1 amide bonds. The molecule has 10 heteroatoms. The molecular weight excluding hydrogens is 473 g/mol. The van der Waals surface area contributed by atoms with Crippen molar-refractivity contribution >= 4 is 35.8 Å². The number of guanidine groups is 1. The summed E-state index contributed by atoms with van der Waals surface area (Å²) in [6.07, 6.45) is 0. The summed E-state index contributed by atoms with van der Waals surface area (Å²) in [6.45, 7) is 14.2. The summed E-state index contributed by atoms with van der Waals surface area (Å²) in [5.74, 6) is 2.13. The predicted molar refractivity (Wildman–Crippen MR) is 120 cm³/mol. The molecule has 1 aromatic heterocycles. The van der Waals surface area contributed by atoms with E-state index in [0.717, 1.165) is 32.1 Å². The summed E-state index contributed by atoms with van der Waals surface area (Å²) in [5.41, 5.74) is -0.162. The van der Waals surface area contributed by atoms with E-state index in [1.54, 1.807) is 7.05 Å². The summed E-state index contributed by atoms with van der Waals surface area (Å²) >= 11 is 0. The largest absolute Gasteiger partial charge is 0.353 e. The number of hydrogen-bond donors (Lipinski definition) is 2. The quantitative estimate of drug-likeness (QED) is 0.351. The molecule has 0 spiro atoms. The monoisotopic (exact) mass is 507 g/mol. The molecule has 1 saturated heterocycles. The molecule has 2 rings (SSSR count). The van der Waals surface area contributed by atoms with E-state index in [1.807, 2.05) is 34.6 Å². The lowest BCUT2D eigenvalue weighted by molar-refractivity contribution is -0.123. The molecule has 0 radical (unpaired) electrons. The Kier molecular flexibility index (Phi) is 9.61. The minimum absolute atomic E-state index is 0. The van der Waals surface area contributed by atoms with E-state index < -0.39 is 0 Å². The van der Waals surface area contributed by atoms with Gasteiger partial charge in [0, 0.05) is 44.7 Å². The Balaban J connectivity index is 0.00000392. The van der Waals surface area contributed by atoms with Crippen molar-refractivity contribution in [2.24, 2.45) is 4.99 Å². The number of rotatable bonds is 5. The summed E-state index contributed by atoms with van der Waals surface area (Å²) in [6, 6.07) is 0.172. The number of hydrogen-bond acceptors (Lipinski definition) is 6. The number of amides is 1. The Hall–Kier alpha value is -1.43. The maximum Gasteiger partial charge on any atom is 0.234 e. The smallest absolute Gasteiger partial charge is 0.234 e. The van der Waals surface area contributed by atoms with Gasteiger partial charge in [0.2, 0.25) is 11.8 Å². The average molecular weight is 507 g/mol. The van der Waals surface area contributed by atoms with Crippen LogP contribution in [0.15, 0.2) is 9.52 Å². The Morgan fingerprint density at radius 2 is 1.89 bits per heavy atom. The van der Waals surface area contributed by atoms with Gasteiger partial charge in [0.05, 0.1) is 13.1 Å². The molecular formula is C18H34IN7O2. The highest BCUT2D eigenvalue weighted by Gasteiger charge is 2.23. The highest BCUT2D eigenvalue weighted by Crippen LogP contribution is 2.19. The zero-order valence-electron chi connectivity index (χ0n) is 17.8. The van der Waals surface area contributed by atoms with E-state index in [2.05, 4.69) is 35.6 Å². The molecule has 1 aromatic rings. The molecule has 0 bridgehead atoms. The number of carbonyl (C=O) groups is 1. The summed E-state index contributed by atoms with van der Waals surface area (Å²) < 4.78 is 5.32. The molecule has 0 saturated carbocycles. The molecule has 1 aliphatic heterocycles. The van der Waals surface area contributed by atoms with Crippen LogP contribution in [0.5, 0.6) is 0 Å². The fourth-order valence-electron chi connectivity index (χ4n) is 2.81. The molecule has 1 fully saturated rings. The fraction of sp³-hybridized carbons (Fsp3) is 0.778. The minimum atomic E-state index is -0.162. The van der Waals surface area contributed by atoms with E-state index in [1.165, 1.54) is 0 Å². The van der Waals surface area contributed by atoms with Crippen LogP contribution >= 0.6 is 24.0 Å². The van der Waals surface area contributed by atoms with Crippen LogP contribution in [0.2, 0.25) is 0 Å². The molecule has 2 heterocycles. The fourth-order valence-corrected chi connectivity index (χ4v) is 2.81. The van der Waals surface area contributed by atoms with Gasteiger partial charge in [-0.3, -0.25) is 14.7 Å². The van der Waals surface area contributed by atoms with Gasteiger partial charge >= 0.3 is 0 Å². The zero-order chi connectivity index (χ0) is 20.0. The van der Waals surface area contributed by atoms with Crippen LogP contribution in [-0.4, -0.2) is 77.6 Å². The number of aromatic nitrogens is 2. The van der Waals surface area contributed by atoms with Crippen molar-refractivity contribution in [1.82, 2.24) is 30.6 Å². The topological polar surface area (TPSA) is 98.9 Å². The second kappa shape index (κ2) is 10.9. The second-order valence-corrected chi connectivity index (χ2v) is 8.15. The van der Waals surface area contributed by atoms with Crippen molar-refractivity contribution in [2.75, 3.05) is 39.8 Å². The zero-order valence-corrected chi connectivity index (χ0v) is 20.1. The van der Waals surface area contributed by atoms with E-state index in [0.29, 0.717) is 24.8 Å². The van der Waals surface area contributed by atoms with E-state index in [-0.39, 0.29) is 41.3 Å². The van der Waals surface area contributed by atoms with Crippen molar-refractivity contribution < 1.29 is 9.32 Å². The average Bonchev–Trinajstić information content (AvgIpc) is 3.05. The first-order valence-electron chi connectivity index (χ1n) is 9.49. The predicted octanol–water partition coefficient (Wildman–Crippen LogP) is 1.20. The van der Waals surface area contributed by atoms with Crippen LogP contribution in [0.3, 0.4) is 0 Å². The summed E-state index contributed by atoms with van der Waals surface area (Å²) in [4.78, 5) is 25.0. The number of carbonyl (C=O) groups excluding carboxylic acids is 1. The Bertz CT molecular complexity index is 647. The SMILES string of the molecule is CN=C(NCc1noc(C(C)(C)C)n1)N1CCN(CC(=O)NC(C)C)CC1.I. The third-order valence-electron chi connectivity index (χ3n) is 4.21. The highest BCUT2D eigenvalue weighted by atomic mass is 127. The number of piperazine rings is 1. The Morgan fingerprint density at radius 1 is 1.25 bits per heavy atom. The summed E-state index contributed by atoms with van der Waals surface area (Å²) in [7, 11) is 1.77. The van der Waals surface area contributed by atoms with Crippen LogP contribution in [0, 0.1) is 0 Å². The molecule has 28 heavy (non-hydrogen) atoms. The van der Waals surface area contributed by atoms with Crippen molar-refractivity contribution in [3.63, 3.8) is 0 Å². The van der Waals surface area contributed by atoms with Gasteiger partial charge in [0.1, 0.15) is 0 Å². The molecule has 2 N–H and O–H groups in total. The molecule has 0 unspecified atom stereocenters. The van der Waals surface area contributed by atoms with Crippen LogP contribution in [0.4, 0.5) is 0 Å². The highest BCUT2D eigenvalue weighted by molar-refractivity contribution is 14.0. The first kappa shape index (κ1) is 24.6. The van der Waals surface area contributed by atoms with Crippen LogP contribution < -0.4 is 10.6 Å². The third-order valence-corrected chi connectivity index (χ3v) is 4.21. The van der Waals surface area contributed by atoms with Crippen molar-refractivity contribution in [3.05, 3.63) is 11.7 Å². The van der Waals surface area contributed by atoms with Crippen molar-refractivity contribution in [2.45, 2.75) is 52.6 Å². The Labute approximate surface area is 184 Å².